The van der Waals surface area contributed by atoms with Crippen LogP contribution in [0.2, 0.25) is 0 Å². The first kappa shape index (κ1) is 14.5. The van der Waals surface area contributed by atoms with Crippen LogP contribution in [0.1, 0.15) is 51.0 Å². The zero-order valence-corrected chi connectivity index (χ0v) is 13.2. The van der Waals surface area contributed by atoms with Crippen molar-refractivity contribution in [2.45, 2.75) is 51.9 Å². The van der Waals surface area contributed by atoms with Crippen LogP contribution in [0.4, 0.5) is 0 Å². The average Bonchev–Trinajstić information content (AvgIpc) is 2.43. The normalized spacial score (nSPS) is 11.1. The zero-order chi connectivity index (χ0) is 13.5. The number of para-hydroxylation sites is 1. The topological polar surface area (TPSA) is 12.9 Å². The summed E-state index contributed by atoms with van der Waals surface area (Å²) in [4.78, 5) is 4.62. The van der Waals surface area contributed by atoms with Gasteiger partial charge in [0.25, 0.3) is 0 Å². The van der Waals surface area contributed by atoms with Gasteiger partial charge in [0, 0.05) is 5.39 Å². The molecule has 0 radical (unpaired) electrons. The molecule has 2 rings (SSSR count). The lowest BCUT2D eigenvalue weighted by atomic mass is 10.0. The fourth-order valence-electron chi connectivity index (χ4n) is 2.41. The lowest BCUT2D eigenvalue weighted by Crippen LogP contribution is -1.92. The largest absolute Gasteiger partial charge is 0.241 e. The van der Waals surface area contributed by atoms with Gasteiger partial charge in [0.05, 0.1) is 5.52 Å². The molecule has 102 valence electrons. The van der Waals surface area contributed by atoms with Gasteiger partial charge in [-0.15, -0.1) is 0 Å². The molecule has 0 saturated heterocycles. The Morgan fingerprint density at radius 2 is 1.74 bits per heavy atom. The number of aromatic nitrogens is 1. The van der Waals surface area contributed by atoms with Gasteiger partial charge in [-0.25, -0.2) is 4.98 Å². The summed E-state index contributed by atoms with van der Waals surface area (Å²) in [7, 11) is 0. The van der Waals surface area contributed by atoms with Crippen LogP contribution >= 0.6 is 15.9 Å². The molecule has 1 aromatic carbocycles. The van der Waals surface area contributed by atoms with E-state index in [1.165, 1.54) is 49.5 Å². The molecule has 1 aromatic heterocycles. The number of fused-ring (bicyclic) bond motifs is 1. The van der Waals surface area contributed by atoms with E-state index in [1.54, 1.807) is 0 Å². The van der Waals surface area contributed by atoms with Crippen molar-refractivity contribution in [3.05, 3.63) is 40.5 Å². The molecule has 0 fully saturated rings. The fraction of sp³-hybridized carbons (Fsp3) is 0.471. The number of halogens is 1. The molecule has 0 saturated carbocycles. The van der Waals surface area contributed by atoms with Crippen molar-refractivity contribution >= 4 is 26.8 Å². The number of unbranched alkanes of at least 4 members (excludes halogenated alkanes) is 5. The van der Waals surface area contributed by atoms with Crippen LogP contribution in [0.25, 0.3) is 10.9 Å². The monoisotopic (exact) mass is 319 g/mol. The van der Waals surface area contributed by atoms with Gasteiger partial charge >= 0.3 is 0 Å². The maximum absolute atomic E-state index is 4.62. The number of pyridine rings is 1. The summed E-state index contributed by atoms with van der Waals surface area (Å²) in [5.41, 5.74) is 2.41. The second-order valence-electron chi connectivity index (χ2n) is 5.15. The number of hydrogen-bond acceptors (Lipinski definition) is 1. The second kappa shape index (κ2) is 7.64. The summed E-state index contributed by atoms with van der Waals surface area (Å²) in [6, 6.07) is 10.6. The smallest absolute Gasteiger partial charge is 0.110 e. The molecule has 0 aliphatic heterocycles. The zero-order valence-electron chi connectivity index (χ0n) is 11.7. The number of nitrogens with zero attached hydrogens (tertiary/aromatic N) is 1. The lowest BCUT2D eigenvalue weighted by molar-refractivity contribution is 0.607. The van der Waals surface area contributed by atoms with Gasteiger partial charge in [-0.2, -0.15) is 0 Å². The minimum Gasteiger partial charge on any atom is -0.241 e. The highest BCUT2D eigenvalue weighted by atomic mass is 79.9. The number of rotatable bonds is 7. The van der Waals surface area contributed by atoms with E-state index in [0.717, 1.165) is 16.5 Å². The highest BCUT2D eigenvalue weighted by Gasteiger charge is 2.04. The van der Waals surface area contributed by atoms with Crippen LogP contribution in [0.15, 0.2) is 34.9 Å². The average molecular weight is 320 g/mol. The maximum atomic E-state index is 4.62. The SMILES string of the molecule is CCCCCCCCc1cc2ccccc2nc1Br. The van der Waals surface area contributed by atoms with Gasteiger partial charge < -0.3 is 0 Å². The van der Waals surface area contributed by atoms with Crippen molar-refractivity contribution in [1.29, 1.82) is 0 Å². The quantitative estimate of drug-likeness (QED) is 0.457. The Labute approximate surface area is 124 Å². The first-order valence-electron chi connectivity index (χ1n) is 7.35. The van der Waals surface area contributed by atoms with Crippen LogP contribution in [-0.2, 0) is 6.42 Å². The van der Waals surface area contributed by atoms with Gasteiger partial charge in [-0.05, 0) is 46.5 Å². The first-order valence-corrected chi connectivity index (χ1v) is 8.14. The molecule has 0 bridgehead atoms. The standard InChI is InChI=1S/C17H22BrN/c1-2-3-4-5-6-7-11-15-13-14-10-8-9-12-16(14)19-17(15)18/h8-10,12-13H,2-7,11H2,1H3. The molecule has 0 aliphatic carbocycles. The highest BCUT2D eigenvalue weighted by molar-refractivity contribution is 9.10. The Bertz CT molecular complexity index is 522. The summed E-state index contributed by atoms with van der Waals surface area (Å²) < 4.78 is 1.01. The third kappa shape index (κ3) is 4.31. The minimum absolute atomic E-state index is 1.01. The second-order valence-corrected chi connectivity index (χ2v) is 5.90. The molecular weight excluding hydrogens is 298 g/mol. The van der Waals surface area contributed by atoms with E-state index in [-0.39, 0.29) is 0 Å². The summed E-state index contributed by atoms with van der Waals surface area (Å²) in [5.74, 6) is 0. The van der Waals surface area contributed by atoms with Crippen molar-refractivity contribution in [2.24, 2.45) is 0 Å². The van der Waals surface area contributed by atoms with E-state index in [2.05, 4.69) is 52.1 Å². The van der Waals surface area contributed by atoms with Crippen molar-refractivity contribution in [2.75, 3.05) is 0 Å². The number of hydrogen-bond donors (Lipinski definition) is 0. The third-order valence-electron chi connectivity index (χ3n) is 3.55. The Kier molecular flexibility index (Phi) is 5.84. The molecule has 0 spiro atoms. The van der Waals surface area contributed by atoms with Gasteiger partial charge in [-0.3, -0.25) is 0 Å². The fourth-order valence-corrected chi connectivity index (χ4v) is 2.91. The van der Waals surface area contributed by atoms with Crippen LogP contribution in [-0.4, -0.2) is 4.98 Å². The highest BCUT2D eigenvalue weighted by Crippen LogP contribution is 2.22. The van der Waals surface area contributed by atoms with Crippen LogP contribution in [0.5, 0.6) is 0 Å². The van der Waals surface area contributed by atoms with Crippen LogP contribution < -0.4 is 0 Å². The Morgan fingerprint density at radius 1 is 1.00 bits per heavy atom. The number of benzene rings is 1. The molecule has 2 aromatic rings. The molecule has 0 aliphatic rings. The predicted octanol–water partition coefficient (Wildman–Crippen LogP) is 5.90. The summed E-state index contributed by atoms with van der Waals surface area (Å²) in [6.07, 6.45) is 9.17. The van der Waals surface area contributed by atoms with E-state index in [0.29, 0.717) is 0 Å². The Balaban J connectivity index is 1.91. The molecular formula is C17H22BrN. The van der Waals surface area contributed by atoms with Crippen molar-refractivity contribution in [1.82, 2.24) is 4.98 Å². The Hall–Kier alpha value is -0.890. The van der Waals surface area contributed by atoms with Crippen LogP contribution in [0, 0.1) is 0 Å². The molecule has 2 heteroatoms. The summed E-state index contributed by atoms with van der Waals surface area (Å²) in [5, 5.41) is 1.24. The van der Waals surface area contributed by atoms with Crippen LogP contribution in [0.3, 0.4) is 0 Å². The van der Waals surface area contributed by atoms with Crippen molar-refractivity contribution < 1.29 is 0 Å². The van der Waals surface area contributed by atoms with Gasteiger partial charge in [0.1, 0.15) is 4.60 Å². The first-order chi connectivity index (χ1) is 9.31. The molecule has 1 nitrogen and oxygen atoms in total. The van der Waals surface area contributed by atoms with E-state index in [1.807, 2.05) is 6.07 Å². The van der Waals surface area contributed by atoms with Gasteiger partial charge in [-0.1, -0.05) is 57.2 Å². The predicted molar refractivity (Wildman–Crippen MR) is 86.5 cm³/mol. The molecule has 0 N–H and O–H groups in total. The molecule has 19 heavy (non-hydrogen) atoms. The van der Waals surface area contributed by atoms with E-state index >= 15 is 0 Å². The van der Waals surface area contributed by atoms with E-state index < -0.39 is 0 Å². The summed E-state index contributed by atoms with van der Waals surface area (Å²) >= 11 is 3.60. The third-order valence-corrected chi connectivity index (χ3v) is 4.24. The molecule has 0 unspecified atom stereocenters. The maximum Gasteiger partial charge on any atom is 0.110 e. The van der Waals surface area contributed by atoms with Gasteiger partial charge in [0.2, 0.25) is 0 Å². The number of aryl methyl sites for hydroxylation is 1. The molecule has 0 atom stereocenters. The van der Waals surface area contributed by atoms with Crippen molar-refractivity contribution in [3.63, 3.8) is 0 Å². The minimum atomic E-state index is 1.01. The van der Waals surface area contributed by atoms with Crippen molar-refractivity contribution in [3.8, 4) is 0 Å². The van der Waals surface area contributed by atoms with E-state index in [4.69, 9.17) is 0 Å². The van der Waals surface area contributed by atoms with Gasteiger partial charge in [0.15, 0.2) is 0 Å². The Morgan fingerprint density at radius 3 is 2.58 bits per heavy atom. The molecule has 0 amide bonds. The summed E-state index contributed by atoms with van der Waals surface area (Å²) in [6.45, 7) is 2.26. The lowest BCUT2D eigenvalue weighted by Gasteiger charge is -2.06. The van der Waals surface area contributed by atoms with E-state index in [9.17, 15) is 0 Å². The molecule has 1 heterocycles.